The van der Waals surface area contributed by atoms with Gasteiger partial charge in [0.05, 0.1) is 0 Å². The maximum absolute atomic E-state index is 12.1. The summed E-state index contributed by atoms with van der Waals surface area (Å²) in [6.07, 6.45) is 3.44. The maximum atomic E-state index is 12.1. The number of halogens is 1. The Morgan fingerprint density at radius 3 is 2.56 bits per heavy atom. The van der Waals surface area contributed by atoms with E-state index < -0.39 is 0 Å². The third-order valence-corrected chi connectivity index (χ3v) is 3.92. The Morgan fingerprint density at radius 2 is 1.93 bits per heavy atom. The minimum absolute atomic E-state index is 0.217. The number of furan rings is 1. The molecule has 1 amide bonds. The fourth-order valence-corrected chi connectivity index (χ4v) is 2.56. The molecule has 0 spiro atoms. The number of amides is 1. The highest BCUT2D eigenvalue weighted by Gasteiger charge is 2.11. The topological polar surface area (TPSA) is 95.1 Å². The minimum atomic E-state index is -0.338. The van der Waals surface area contributed by atoms with Crippen molar-refractivity contribution in [1.29, 1.82) is 0 Å². The lowest BCUT2D eigenvalue weighted by Gasteiger charge is -2.07. The van der Waals surface area contributed by atoms with Crippen LogP contribution in [0.3, 0.4) is 0 Å². The molecule has 1 aromatic carbocycles. The molecule has 3 heterocycles. The molecular weight excluding hydrogens is 414 g/mol. The molecule has 0 atom stereocenters. The maximum Gasteiger partial charge on any atom is 0.291 e. The Morgan fingerprint density at radius 1 is 1.07 bits per heavy atom. The van der Waals surface area contributed by atoms with Crippen molar-refractivity contribution in [1.82, 2.24) is 20.0 Å². The van der Waals surface area contributed by atoms with Gasteiger partial charge in [-0.05, 0) is 64.5 Å². The molecule has 9 heteroatoms. The first-order chi connectivity index (χ1) is 13.2. The first-order valence-corrected chi connectivity index (χ1v) is 8.65. The molecule has 27 heavy (non-hydrogen) atoms. The molecule has 0 bridgehead atoms. The number of hydrogen-bond donors (Lipinski definition) is 1. The van der Waals surface area contributed by atoms with Gasteiger partial charge in [0, 0.05) is 24.1 Å². The third-order valence-electron chi connectivity index (χ3n) is 3.50. The molecule has 0 unspecified atom stereocenters. The summed E-state index contributed by atoms with van der Waals surface area (Å²) in [4.78, 5) is 12.1. The van der Waals surface area contributed by atoms with Crippen LogP contribution < -0.4 is 10.1 Å². The van der Waals surface area contributed by atoms with Crippen molar-refractivity contribution in [2.45, 2.75) is 0 Å². The molecule has 3 aromatic heterocycles. The number of ether oxygens (including phenoxy) is 1. The van der Waals surface area contributed by atoms with Crippen LogP contribution in [0.2, 0.25) is 0 Å². The summed E-state index contributed by atoms with van der Waals surface area (Å²) in [5, 5.41) is 14.9. The minimum Gasteiger partial charge on any atom is -0.444 e. The number of aromatic nitrogens is 4. The molecule has 4 aromatic rings. The molecule has 0 saturated carbocycles. The van der Waals surface area contributed by atoms with E-state index in [0.717, 1.165) is 0 Å². The molecule has 1 N–H and O–H groups in total. The fraction of sp³-hybridized carbons (Fsp3) is 0. The van der Waals surface area contributed by atoms with Crippen LogP contribution in [0.15, 0.2) is 76.1 Å². The van der Waals surface area contributed by atoms with Crippen LogP contribution in [0.25, 0.3) is 5.82 Å². The third kappa shape index (κ3) is 4.04. The molecule has 0 aliphatic carbocycles. The standard InChI is InChI=1S/C18H12BrN5O3/c19-15-7-6-14(27-15)18(25)21-12-2-4-13(5-3-12)26-17-9-8-16(22-23-17)24-11-1-10-20-24/h1-11H,(H,21,25). The van der Waals surface area contributed by atoms with Crippen molar-refractivity contribution in [2.24, 2.45) is 0 Å². The van der Waals surface area contributed by atoms with E-state index >= 15 is 0 Å². The number of carbonyl (C=O) groups is 1. The van der Waals surface area contributed by atoms with E-state index in [1.165, 1.54) is 0 Å². The van der Waals surface area contributed by atoms with E-state index in [0.29, 0.717) is 27.8 Å². The number of carbonyl (C=O) groups excluding carboxylic acids is 1. The highest BCUT2D eigenvalue weighted by atomic mass is 79.9. The lowest BCUT2D eigenvalue weighted by Crippen LogP contribution is -2.10. The van der Waals surface area contributed by atoms with Gasteiger partial charge in [0.25, 0.3) is 5.91 Å². The van der Waals surface area contributed by atoms with Gasteiger partial charge in [0.1, 0.15) is 5.75 Å². The Bertz CT molecular complexity index is 1040. The number of nitrogens with zero attached hydrogens (tertiary/aromatic N) is 4. The van der Waals surface area contributed by atoms with Crippen LogP contribution >= 0.6 is 15.9 Å². The van der Waals surface area contributed by atoms with Crippen LogP contribution in [0, 0.1) is 0 Å². The number of rotatable bonds is 5. The van der Waals surface area contributed by atoms with Gasteiger partial charge in [-0.2, -0.15) is 5.10 Å². The van der Waals surface area contributed by atoms with E-state index in [9.17, 15) is 4.79 Å². The highest BCUT2D eigenvalue weighted by Crippen LogP contribution is 2.22. The van der Waals surface area contributed by atoms with Crippen LogP contribution in [0.1, 0.15) is 10.6 Å². The van der Waals surface area contributed by atoms with Gasteiger partial charge in [-0.3, -0.25) is 4.79 Å². The monoisotopic (exact) mass is 425 g/mol. The SMILES string of the molecule is O=C(Nc1ccc(Oc2ccc(-n3cccn3)nn2)cc1)c1ccc(Br)o1. The van der Waals surface area contributed by atoms with Crippen LogP contribution in [-0.4, -0.2) is 25.9 Å². The lowest BCUT2D eigenvalue weighted by atomic mass is 10.3. The summed E-state index contributed by atoms with van der Waals surface area (Å²) in [6, 6.07) is 15.4. The number of anilines is 1. The normalized spacial score (nSPS) is 10.6. The molecule has 8 nitrogen and oxygen atoms in total. The Labute approximate surface area is 161 Å². The van der Waals surface area contributed by atoms with Gasteiger partial charge < -0.3 is 14.5 Å². The van der Waals surface area contributed by atoms with Crippen molar-refractivity contribution in [3.63, 3.8) is 0 Å². The summed E-state index contributed by atoms with van der Waals surface area (Å²) in [6.45, 7) is 0. The summed E-state index contributed by atoms with van der Waals surface area (Å²) in [5.74, 6) is 1.39. The lowest BCUT2D eigenvalue weighted by molar-refractivity contribution is 0.0995. The van der Waals surface area contributed by atoms with Crippen molar-refractivity contribution >= 4 is 27.5 Å². The van der Waals surface area contributed by atoms with E-state index in [1.54, 1.807) is 71.7 Å². The Hall–Kier alpha value is -3.46. The first kappa shape index (κ1) is 17.0. The van der Waals surface area contributed by atoms with Gasteiger partial charge >= 0.3 is 0 Å². The number of hydrogen-bond acceptors (Lipinski definition) is 6. The molecule has 0 fully saturated rings. The van der Waals surface area contributed by atoms with Crippen molar-refractivity contribution < 1.29 is 13.9 Å². The molecule has 0 saturated heterocycles. The van der Waals surface area contributed by atoms with Crippen LogP contribution in [0.5, 0.6) is 11.6 Å². The van der Waals surface area contributed by atoms with Crippen LogP contribution in [-0.2, 0) is 0 Å². The van der Waals surface area contributed by atoms with E-state index in [-0.39, 0.29) is 11.7 Å². The Balaban J connectivity index is 1.39. The zero-order chi connectivity index (χ0) is 18.6. The van der Waals surface area contributed by atoms with E-state index in [4.69, 9.17) is 9.15 Å². The molecule has 4 rings (SSSR count). The second kappa shape index (κ2) is 7.42. The van der Waals surface area contributed by atoms with Gasteiger partial charge in [-0.25, -0.2) is 4.68 Å². The van der Waals surface area contributed by atoms with E-state index in [2.05, 4.69) is 36.5 Å². The predicted molar refractivity (Wildman–Crippen MR) is 100 cm³/mol. The van der Waals surface area contributed by atoms with Crippen LogP contribution in [0.4, 0.5) is 5.69 Å². The van der Waals surface area contributed by atoms with Gasteiger partial charge in [-0.15, -0.1) is 10.2 Å². The van der Waals surface area contributed by atoms with Gasteiger partial charge in [0.15, 0.2) is 16.2 Å². The van der Waals surface area contributed by atoms with Crippen molar-refractivity contribution in [3.05, 3.63) is 77.4 Å². The zero-order valence-corrected chi connectivity index (χ0v) is 15.3. The van der Waals surface area contributed by atoms with Gasteiger partial charge in [-0.1, -0.05) is 0 Å². The average molecular weight is 426 g/mol. The second-order valence-corrected chi connectivity index (χ2v) is 6.15. The summed E-state index contributed by atoms with van der Waals surface area (Å²) >= 11 is 3.16. The second-order valence-electron chi connectivity index (χ2n) is 5.36. The fourth-order valence-electron chi connectivity index (χ4n) is 2.25. The van der Waals surface area contributed by atoms with Gasteiger partial charge in [0.2, 0.25) is 5.88 Å². The Kier molecular flexibility index (Phi) is 4.67. The van der Waals surface area contributed by atoms with Crippen molar-refractivity contribution in [3.8, 4) is 17.4 Å². The zero-order valence-electron chi connectivity index (χ0n) is 13.7. The van der Waals surface area contributed by atoms with Crippen molar-refractivity contribution in [2.75, 3.05) is 5.32 Å². The average Bonchev–Trinajstić information content (AvgIpc) is 3.36. The summed E-state index contributed by atoms with van der Waals surface area (Å²) in [7, 11) is 0. The summed E-state index contributed by atoms with van der Waals surface area (Å²) in [5.41, 5.74) is 0.611. The molecule has 0 radical (unpaired) electrons. The number of nitrogens with one attached hydrogen (secondary N) is 1. The predicted octanol–water partition coefficient (Wildman–Crippen LogP) is 4.06. The summed E-state index contributed by atoms with van der Waals surface area (Å²) < 4.78 is 13.0. The van der Waals surface area contributed by atoms with E-state index in [1.807, 2.05) is 0 Å². The molecule has 0 aliphatic heterocycles. The quantitative estimate of drug-likeness (QED) is 0.517. The smallest absolute Gasteiger partial charge is 0.291 e. The number of benzene rings is 1. The molecule has 134 valence electrons. The molecule has 0 aliphatic rings. The largest absolute Gasteiger partial charge is 0.444 e. The highest BCUT2D eigenvalue weighted by molar-refractivity contribution is 9.10. The first-order valence-electron chi connectivity index (χ1n) is 7.86. The molecular formula is C18H12BrN5O3.